The van der Waals surface area contributed by atoms with Crippen molar-refractivity contribution in [3.63, 3.8) is 0 Å². The standard InChI is InChI=1S/C35H53N5O9S/c1-22-21-27(47-10)23(2)24(3)29(22)50(45,46)40-31(39-33(44)49-35(7,8)9)37-19-14-17-26(38-32(43)48-34(4,5)6)28(41)30(42)36-20-18-25-15-12-11-13-16-25/h11-13,15-16,21,26,28,41H,14,17-20H2,1-10H3,(H,36,42)(H,38,43)(H2,37,39,40,44). The number of methoxy groups -OCH3 is 1. The third kappa shape index (κ3) is 13.9. The number of aliphatic imine (C=N–C) groups is 1. The van der Waals surface area contributed by atoms with Crippen molar-refractivity contribution in [2.24, 2.45) is 4.99 Å². The lowest BCUT2D eigenvalue weighted by Gasteiger charge is -2.26. The normalized spacial score (nSPS) is 13.5. The number of sulfonamides is 1. The Balaban J connectivity index is 2.28. The van der Waals surface area contributed by atoms with Gasteiger partial charge in [0.1, 0.15) is 17.0 Å². The first-order valence-corrected chi connectivity index (χ1v) is 17.8. The fourth-order valence-corrected chi connectivity index (χ4v) is 6.37. The number of nitrogens with zero attached hydrogens (tertiary/aromatic N) is 1. The number of hydrogen-bond acceptors (Lipinski definition) is 10. The molecule has 0 bridgehead atoms. The first-order chi connectivity index (χ1) is 23.1. The molecule has 3 amide bonds. The molecule has 0 aliphatic heterocycles. The van der Waals surface area contributed by atoms with E-state index in [1.54, 1.807) is 68.4 Å². The van der Waals surface area contributed by atoms with E-state index < -0.39 is 57.4 Å². The molecule has 2 unspecified atom stereocenters. The number of rotatable bonds is 13. The summed E-state index contributed by atoms with van der Waals surface area (Å²) in [6.45, 7) is 15.2. The minimum absolute atomic E-state index is 0.00230. The van der Waals surface area contributed by atoms with Crippen molar-refractivity contribution in [2.45, 2.75) is 110 Å². The molecule has 0 saturated carbocycles. The molecule has 0 aliphatic carbocycles. The summed E-state index contributed by atoms with van der Waals surface area (Å²) in [5.74, 6) is -0.560. The molecular formula is C35H53N5O9S. The summed E-state index contributed by atoms with van der Waals surface area (Å²) in [4.78, 5) is 42.5. The summed E-state index contributed by atoms with van der Waals surface area (Å²) in [6.07, 6.45) is -2.68. The summed E-state index contributed by atoms with van der Waals surface area (Å²) in [5, 5.41) is 18.6. The van der Waals surface area contributed by atoms with Crippen LogP contribution in [0, 0.1) is 20.8 Å². The van der Waals surface area contributed by atoms with E-state index in [0.29, 0.717) is 28.9 Å². The number of carbonyl (C=O) groups excluding carboxylic acids is 3. The Kier molecular flexibility index (Phi) is 15.1. The lowest BCUT2D eigenvalue weighted by Crippen LogP contribution is -2.51. The van der Waals surface area contributed by atoms with Gasteiger partial charge in [0.25, 0.3) is 15.9 Å². The highest BCUT2D eigenvalue weighted by atomic mass is 32.2. The Morgan fingerprint density at radius 3 is 2.10 bits per heavy atom. The van der Waals surface area contributed by atoms with Gasteiger partial charge in [-0.3, -0.25) is 15.1 Å². The molecular weight excluding hydrogens is 666 g/mol. The Bertz CT molecular complexity index is 1620. The summed E-state index contributed by atoms with van der Waals surface area (Å²) in [7, 11) is -2.78. The number of alkyl carbamates (subject to hydrolysis) is 2. The van der Waals surface area contributed by atoms with Gasteiger partial charge in [-0.05, 0) is 110 Å². The fourth-order valence-electron chi connectivity index (χ4n) is 4.85. The highest BCUT2D eigenvalue weighted by Crippen LogP contribution is 2.30. The van der Waals surface area contributed by atoms with Crippen LogP contribution in [0.5, 0.6) is 5.75 Å². The van der Waals surface area contributed by atoms with Crippen LogP contribution < -0.4 is 25.4 Å². The Morgan fingerprint density at radius 1 is 0.920 bits per heavy atom. The quantitative estimate of drug-likeness (QED) is 0.115. The van der Waals surface area contributed by atoms with E-state index in [1.807, 2.05) is 30.3 Å². The van der Waals surface area contributed by atoms with Crippen molar-refractivity contribution in [3.05, 3.63) is 58.7 Å². The number of aliphatic hydroxyl groups excluding tert-OH is 1. The molecule has 0 saturated heterocycles. The zero-order valence-electron chi connectivity index (χ0n) is 30.7. The lowest BCUT2D eigenvalue weighted by atomic mass is 10.0. The number of benzene rings is 2. The van der Waals surface area contributed by atoms with Gasteiger partial charge in [-0.1, -0.05) is 30.3 Å². The summed E-state index contributed by atoms with van der Waals surface area (Å²) in [6, 6.07) is 10.0. The summed E-state index contributed by atoms with van der Waals surface area (Å²) < 4.78 is 45.7. The molecule has 0 aliphatic rings. The molecule has 0 spiro atoms. The lowest BCUT2D eigenvalue weighted by molar-refractivity contribution is -0.130. The van der Waals surface area contributed by atoms with Crippen LogP contribution in [-0.2, 0) is 30.7 Å². The van der Waals surface area contributed by atoms with Gasteiger partial charge in [-0.15, -0.1) is 0 Å². The molecule has 5 N–H and O–H groups in total. The number of hydrogen-bond donors (Lipinski definition) is 5. The van der Waals surface area contributed by atoms with Crippen LogP contribution >= 0.6 is 0 Å². The molecule has 0 aromatic heterocycles. The minimum atomic E-state index is -4.27. The maximum atomic E-state index is 13.7. The Morgan fingerprint density at radius 2 is 1.52 bits per heavy atom. The van der Waals surface area contributed by atoms with Crippen molar-refractivity contribution in [2.75, 3.05) is 20.2 Å². The van der Waals surface area contributed by atoms with Gasteiger partial charge in [-0.2, -0.15) is 0 Å². The van der Waals surface area contributed by atoms with Crippen LogP contribution in [0.25, 0.3) is 0 Å². The van der Waals surface area contributed by atoms with Crippen LogP contribution in [0.2, 0.25) is 0 Å². The monoisotopic (exact) mass is 719 g/mol. The predicted octanol–water partition coefficient (Wildman–Crippen LogP) is 4.17. The first-order valence-electron chi connectivity index (χ1n) is 16.3. The second-order valence-corrected chi connectivity index (χ2v) is 15.4. The van der Waals surface area contributed by atoms with Crippen LogP contribution in [0.1, 0.15) is 76.6 Å². The van der Waals surface area contributed by atoms with Gasteiger partial charge in [0.2, 0.25) is 5.96 Å². The second-order valence-electron chi connectivity index (χ2n) is 13.8. The molecule has 0 fully saturated rings. The van der Waals surface area contributed by atoms with E-state index in [9.17, 15) is 27.9 Å². The average molecular weight is 720 g/mol. The van der Waals surface area contributed by atoms with E-state index in [-0.39, 0.29) is 30.8 Å². The van der Waals surface area contributed by atoms with Gasteiger partial charge < -0.3 is 30.0 Å². The van der Waals surface area contributed by atoms with Gasteiger partial charge in [0.05, 0.1) is 18.0 Å². The van der Waals surface area contributed by atoms with Crippen LogP contribution in [-0.4, -0.2) is 81.1 Å². The second kappa shape index (κ2) is 18.0. The number of guanidine groups is 1. The van der Waals surface area contributed by atoms with Crippen LogP contribution in [0.3, 0.4) is 0 Å². The largest absolute Gasteiger partial charge is 0.496 e. The molecule has 278 valence electrons. The molecule has 2 aromatic rings. The zero-order valence-corrected chi connectivity index (χ0v) is 31.5. The molecule has 14 nitrogen and oxygen atoms in total. The van der Waals surface area contributed by atoms with Crippen molar-refractivity contribution in [1.82, 2.24) is 20.7 Å². The first kappa shape index (κ1) is 41.8. The van der Waals surface area contributed by atoms with Crippen LogP contribution in [0.15, 0.2) is 46.3 Å². The highest BCUT2D eigenvalue weighted by molar-refractivity contribution is 7.90. The van der Waals surface area contributed by atoms with Gasteiger partial charge in [-0.25, -0.2) is 22.7 Å². The summed E-state index contributed by atoms with van der Waals surface area (Å²) >= 11 is 0. The van der Waals surface area contributed by atoms with E-state index in [1.165, 1.54) is 7.11 Å². The van der Waals surface area contributed by atoms with E-state index in [4.69, 9.17) is 14.2 Å². The smallest absolute Gasteiger partial charge is 0.414 e. The molecule has 15 heteroatoms. The maximum absolute atomic E-state index is 13.7. The van der Waals surface area contributed by atoms with Crippen LogP contribution in [0.4, 0.5) is 9.59 Å². The molecule has 2 atom stereocenters. The zero-order chi connectivity index (χ0) is 37.9. The third-order valence-electron chi connectivity index (χ3n) is 7.17. The number of amides is 3. The minimum Gasteiger partial charge on any atom is -0.496 e. The molecule has 2 rings (SSSR count). The molecule has 50 heavy (non-hydrogen) atoms. The van der Waals surface area contributed by atoms with E-state index >= 15 is 0 Å². The molecule has 2 aromatic carbocycles. The highest BCUT2D eigenvalue weighted by Gasteiger charge is 2.30. The maximum Gasteiger partial charge on any atom is 0.414 e. The number of nitrogens with one attached hydrogen (secondary N) is 4. The number of carbonyl (C=O) groups is 3. The topological polar surface area (TPSA) is 194 Å². The fraction of sp³-hybridized carbons (Fsp3) is 0.543. The van der Waals surface area contributed by atoms with Gasteiger partial charge in [0.15, 0.2) is 6.10 Å². The van der Waals surface area contributed by atoms with E-state index in [0.717, 1.165) is 5.56 Å². The van der Waals surface area contributed by atoms with Crippen molar-refractivity contribution >= 4 is 34.1 Å². The average Bonchev–Trinajstić information content (AvgIpc) is 2.98. The van der Waals surface area contributed by atoms with Crippen molar-refractivity contribution in [3.8, 4) is 5.75 Å². The molecule has 0 heterocycles. The SMILES string of the molecule is COc1cc(C)c(S(=O)(=O)NC(=NCCCC(NC(=O)OC(C)(C)C)C(O)C(=O)NCCc2ccccc2)NC(=O)OC(C)(C)C)c(C)c1C. The van der Waals surface area contributed by atoms with Crippen molar-refractivity contribution < 1.29 is 42.1 Å². The van der Waals surface area contributed by atoms with E-state index in [2.05, 4.69) is 25.7 Å². The Hall–Kier alpha value is -4.37. The number of ether oxygens (including phenoxy) is 3. The Labute approximate surface area is 295 Å². The van der Waals surface area contributed by atoms with Crippen molar-refractivity contribution in [1.29, 1.82) is 0 Å². The number of aryl methyl sites for hydroxylation is 1. The molecule has 0 radical (unpaired) electrons. The summed E-state index contributed by atoms with van der Waals surface area (Å²) in [5.41, 5.74) is 0.789. The van der Waals surface area contributed by atoms with Gasteiger partial charge >= 0.3 is 12.2 Å². The van der Waals surface area contributed by atoms with Gasteiger partial charge in [0, 0.05) is 13.1 Å². The number of aliphatic hydroxyl groups is 1. The predicted molar refractivity (Wildman–Crippen MR) is 191 cm³/mol. The third-order valence-corrected chi connectivity index (χ3v) is 8.80.